The van der Waals surface area contributed by atoms with Gasteiger partial charge in [0.05, 0.1) is 6.10 Å². The fourth-order valence-corrected chi connectivity index (χ4v) is 2.00. The molecule has 1 saturated heterocycles. The minimum Gasteiger partial charge on any atom is -0.378 e. The molecule has 0 spiro atoms. The quantitative estimate of drug-likeness (QED) is 0.727. The predicted molar refractivity (Wildman–Crippen MR) is 60.7 cm³/mol. The Morgan fingerprint density at radius 1 is 1.47 bits per heavy atom. The average molecular weight is 208 g/mol. The topological polar surface area (TPSA) is 37.0 Å². The number of aromatic amines is 1. The number of rotatable bonds is 5. The van der Waals surface area contributed by atoms with Gasteiger partial charge in [0.2, 0.25) is 0 Å². The zero-order valence-electron chi connectivity index (χ0n) is 9.17. The van der Waals surface area contributed by atoms with Crippen LogP contribution in [0, 0.1) is 0 Å². The van der Waals surface area contributed by atoms with Gasteiger partial charge in [-0.3, -0.25) is 0 Å². The molecule has 1 unspecified atom stereocenters. The number of H-pyrrole nitrogens is 1. The van der Waals surface area contributed by atoms with E-state index in [1.54, 1.807) is 0 Å². The van der Waals surface area contributed by atoms with E-state index in [2.05, 4.69) is 16.4 Å². The van der Waals surface area contributed by atoms with Gasteiger partial charge >= 0.3 is 0 Å². The van der Waals surface area contributed by atoms with Crippen molar-refractivity contribution in [3.05, 3.63) is 24.0 Å². The molecule has 0 bridgehead atoms. The zero-order valence-corrected chi connectivity index (χ0v) is 9.17. The predicted octanol–water partition coefficient (Wildman–Crippen LogP) is 2.06. The van der Waals surface area contributed by atoms with Crippen LogP contribution in [0.4, 0.5) is 0 Å². The minimum atomic E-state index is 0.495. The van der Waals surface area contributed by atoms with Crippen molar-refractivity contribution in [3.8, 4) is 0 Å². The number of ether oxygens (including phenoxy) is 1. The van der Waals surface area contributed by atoms with Crippen LogP contribution in [0.1, 0.15) is 31.4 Å². The molecule has 2 N–H and O–H groups in total. The lowest BCUT2D eigenvalue weighted by Crippen LogP contribution is -2.25. The van der Waals surface area contributed by atoms with Crippen LogP contribution in [-0.4, -0.2) is 24.2 Å². The van der Waals surface area contributed by atoms with Crippen LogP contribution in [-0.2, 0) is 11.3 Å². The Bertz CT molecular complexity index is 253. The number of hydrogen-bond donors (Lipinski definition) is 2. The van der Waals surface area contributed by atoms with E-state index in [0.717, 1.165) is 26.1 Å². The molecule has 0 radical (unpaired) electrons. The van der Waals surface area contributed by atoms with Gasteiger partial charge in [-0.05, 0) is 44.4 Å². The summed E-state index contributed by atoms with van der Waals surface area (Å²) in [4.78, 5) is 3.18. The molecule has 0 aromatic carbocycles. The number of aromatic nitrogens is 1. The zero-order chi connectivity index (χ0) is 10.3. The third-order valence-electron chi connectivity index (χ3n) is 2.89. The molecule has 1 atom stereocenters. The Morgan fingerprint density at radius 3 is 3.20 bits per heavy atom. The summed E-state index contributed by atoms with van der Waals surface area (Å²) >= 11 is 0. The Hall–Kier alpha value is -0.800. The van der Waals surface area contributed by atoms with Gasteiger partial charge in [-0.2, -0.15) is 0 Å². The van der Waals surface area contributed by atoms with Crippen LogP contribution in [0.2, 0.25) is 0 Å². The van der Waals surface area contributed by atoms with Crippen molar-refractivity contribution in [1.82, 2.24) is 10.3 Å². The Labute approximate surface area is 91.2 Å². The largest absolute Gasteiger partial charge is 0.378 e. The molecule has 2 heterocycles. The Balaban J connectivity index is 1.54. The molecule has 1 aromatic heterocycles. The molecule has 1 fully saturated rings. The van der Waals surface area contributed by atoms with Crippen LogP contribution >= 0.6 is 0 Å². The summed E-state index contributed by atoms with van der Waals surface area (Å²) in [5.74, 6) is 0. The fourth-order valence-electron chi connectivity index (χ4n) is 2.00. The summed E-state index contributed by atoms with van der Waals surface area (Å²) in [6.45, 7) is 2.94. The van der Waals surface area contributed by atoms with Crippen molar-refractivity contribution in [2.45, 2.75) is 38.3 Å². The van der Waals surface area contributed by atoms with Crippen molar-refractivity contribution in [3.63, 3.8) is 0 Å². The Kier molecular flexibility index (Phi) is 4.23. The molecule has 0 amide bonds. The highest BCUT2D eigenvalue weighted by Gasteiger charge is 2.12. The molecule has 0 aliphatic carbocycles. The van der Waals surface area contributed by atoms with Crippen molar-refractivity contribution in [2.24, 2.45) is 0 Å². The van der Waals surface area contributed by atoms with Gasteiger partial charge in [-0.15, -0.1) is 0 Å². The summed E-state index contributed by atoms with van der Waals surface area (Å²) in [5.41, 5.74) is 1.25. The molecule has 3 nitrogen and oxygen atoms in total. The summed E-state index contributed by atoms with van der Waals surface area (Å²) in [6.07, 6.45) is 7.41. The van der Waals surface area contributed by atoms with E-state index < -0.39 is 0 Å². The fraction of sp³-hybridized carbons (Fsp3) is 0.667. The first kappa shape index (κ1) is 10.7. The lowest BCUT2D eigenvalue weighted by atomic mass is 10.1. The van der Waals surface area contributed by atoms with Crippen molar-refractivity contribution in [1.29, 1.82) is 0 Å². The van der Waals surface area contributed by atoms with E-state index in [-0.39, 0.29) is 0 Å². The maximum atomic E-state index is 5.67. The molecule has 1 aliphatic rings. The summed E-state index contributed by atoms with van der Waals surface area (Å²) < 4.78 is 5.67. The first-order chi connectivity index (χ1) is 7.45. The molecule has 3 heteroatoms. The van der Waals surface area contributed by atoms with E-state index in [9.17, 15) is 0 Å². The highest BCUT2D eigenvalue weighted by Crippen LogP contribution is 2.14. The molecule has 84 valence electrons. The maximum Gasteiger partial charge on any atom is 0.0587 e. The second-order valence-corrected chi connectivity index (χ2v) is 4.15. The minimum absolute atomic E-state index is 0.495. The summed E-state index contributed by atoms with van der Waals surface area (Å²) in [6, 6.07) is 4.13. The van der Waals surface area contributed by atoms with Gasteiger partial charge in [-0.1, -0.05) is 0 Å². The van der Waals surface area contributed by atoms with Crippen LogP contribution in [0.25, 0.3) is 0 Å². The van der Waals surface area contributed by atoms with E-state index in [1.165, 1.54) is 25.0 Å². The van der Waals surface area contributed by atoms with Gasteiger partial charge < -0.3 is 15.0 Å². The molecular formula is C12H20N2O. The summed E-state index contributed by atoms with van der Waals surface area (Å²) in [5, 5.41) is 3.42. The van der Waals surface area contributed by atoms with Gasteiger partial charge in [0.15, 0.2) is 0 Å². The second kappa shape index (κ2) is 5.93. The van der Waals surface area contributed by atoms with Crippen LogP contribution in [0.15, 0.2) is 18.3 Å². The number of hydrogen-bond acceptors (Lipinski definition) is 2. The third kappa shape index (κ3) is 3.68. The van der Waals surface area contributed by atoms with Gasteiger partial charge in [0.25, 0.3) is 0 Å². The third-order valence-corrected chi connectivity index (χ3v) is 2.89. The van der Waals surface area contributed by atoms with E-state index >= 15 is 0 Å². The molecule has 1 aliphatic heterocycles. The average Bonchev–Trinajstić information content (AvgIpc) is 2.79. The van der Waals surface area contributed by atoms with Gasteiger partial charge in [-0.25, -0.2) is 0 Å². The van der Waals surface area contributed by atoms with Crippen molar-refractivity contribution in [2.75, 3.05) is 13.2 Å². The number of nitrogens with one attached hydrogen (secondary N) is 2. The standard InChI is InChI=1S/C12H20N2O/c1-2-9-15-12(5-1)6-8-13-10-11-4-3-7-14-11/h3-4,7,12-14H,1-2,5-6,8-10H2. The first-order valence-electron chi connectivity index (χ1n) is 5.90. The highest BCUT2D eigenvalue weighted by molar-refractivity contribution is 5.02. The maximum absolute atomic E-state index is 5.67. The lowest BCUT2D eigenvalue weighted by molar-refractivity contribution is 0.0115. The molecule has 1 aromatic rings. The van der Waals surface area contributed by atoms with E-state index in [0.29, 0.717) is 6.10 Å². The van der Waals surface area contributed by atoms with E-state index in [4.69, 9.17) is 4.74 Å². The monoisotopic (exact) mass is 208 g/mol. The van der Waals surface area contributed by atoms with Crippen molar-refractivity contribution >= 4 is 0 Å². The van der Waals surface area contributed by atoms with E-state index in [1.807, 2.05) is 12.3 Å². The van der Waals surface area contributed by atoms with Crippen LogP contribution in [0.5, 0.6) is 0 Å². The molecule has 15 heavy (non-hydrogen) atoms. The van der Waals surface area contributed by atoms with Crippen LogP contribution < -0.4 is 5.32 Å². The molecule has 2 rings (SSSR count). The summed E-state index contributed by atoms with van der Waals surface area (Å²) in [7, 11) is 0. The lowest BCUT2D eigenvalue weighted by Gasteiger charge is -2.22. The Morgan fingerprint density at radius 2 is 2.47 bits per heavy atom. The smallest absolute Gasteiger partial charge is 0.0587 e. The molecular weight excluding hydrogens is 188 g/mol. The SMILES string of the molecule is c1c[nH]c(CNCCC2CCCCO2)c1. The second-order valence-electron chi connectivity index (χ2n) is 4.15. The molecule has 0 saturated carbocycles. The highest BCUT2D eigenvalue weighted by atomic mass is 16.5. The first-order valence-corrected chi connectivity index (χ1v) is 5.90. The van der Waals surface area contributed by atoms with Crippen molar-refractivity contribution < 1.29 is 4.74 Å². The normalized spacial score (nSPS) is 21.7. The van der Waals surface area contributed by atoms with Gasteiger partial charge in [0.1, 0.15) is 0 Å². The van der Waals surface area contributed by atoms with Crippen LogP contribution in [0.3, 0.4) is 0 Å². The van der Waals surface area contributed by atoms with Gasteiger partial charge in [0, 0.05) is 25.0 Å².